The van der Waals surface area contributed by atoms with Gasteiger partial charge in [-0.1, -0.05) is 5.92 Å². The highest BCUT2D eigenvalue weighted by molar-refractivity contribution is 7.14. The standard InChI is InChI=1S/C11H10O2S/c1-3-11(6-7-11)9-5-4-8(14-9)10(12)13-2/h1,4-5H,6-7H2,2H3. The van der Waals surface area contributed by atoms with Crippen LogP contribution in [0, 0.1) is 12.3 Å². The number of hydrogen-bond acceptors (Lipinski definition) is 3. The molecule has 0 atom stereocenters. The molecule has 0 aliphatic heterocycles. The molecule has 0 amide bonds. The Morgan fingerprint density at radius 2 is 2.36 bits per heavy atom. The van der Waals surface area contributed by atoms with E-state index in [0.29, 0.717) is 4.88 Å². The Morgan fingerprint density at radius 3 is 2.86 bits per heavy atom. The predicted molar refractivity (Wildman–Crippen MR) is 55.4 cm³/mol. The molecule has 1 saturated carbocycles. The van der Waals surface area contributed by atoms with Gasteiger partial charge in [0, 0.05) is 4.88 Å². The first-order valence-corrected chi connectivity index (χ1v) is 5.20. The first-order chi connectivity index (χ1) is 6.72. The van der Waals surface area contributed by atoms with Crippen LogP contribution in [0.1, 0.15) is 27.4 Å². The van der Waals surface area contributed by atoms with E-state index in [-0.39, 0.29) is 11.4 Å². The molecule has 0 unspecified atom stereocenters. The minimum atomic E-state index is -0.283. The van der Waals surface area contributed by atoms with Crippen LogP contribution in [0.2, 0.25) is 0 Å². The fourth-order valence-electron chi connectivity index (χ4n) is 1.39. The molecule has 3 heteroatoms. The van der Waals surface area contributed by atoms with Crippen LogP contribution in [0.3, 0.4) is 0 Å². The van der Waals surface area contributed by atoms with Crippen LogP contribution in [0.5, 0.6) is 0 Å². The number of ether oxygens (including phenoxy) is 1. The molecule has 14 heavy (non-hydrogen) atoms. The third kappa shape index (κ3) is 1.32. The van der Waals surface area contributed by atoms with Crippen molar-refractivity contribution >= 4 is 17.3 Å². The summed E-state index contributed by atoms with van der Waals surface area (Å²) in [5.74, 6) is 2.51. The Hall–Kier alpha value is -1.27. The molecule has 2 nitrogen and oxygen atoms in total. The summed E-state index contributed by atoms with van der Waals surface area (Å²) >= 11 is 1.44. The van der Waals surface area contributed by atoms with E-state index in [0.717, 1.165) is 17.7 Å². The molecule has 0 aromatic carbocycles. The number of rotatable bonds is 2. The van der Waals surface area contributed by atoms with Crippen molar-refractivity contribution in [1.82, 2.24) is 0 Å². The molecular weight excluding hydrogens is 196 g/mol. The summed E-state index contributed by atoms with van der Waals surface area (Å²) in [6, 6.07) is 3.72. The maximum absolute atomic E-state index is 11.2. The van der Waals surface area contributed by atoms with Crippen molar-refractivity contribution in [2.45, 2.75) is 18.3 Å². The van der Waals surface area contributed by atoms with Crippen LogP contribution in [0.15, 0.2) is 12.1 Å². The molecule has 1 heterocycles. The van der Waals surface area contributed by atoms with Crippen molar-refractivity contribution in [3.8, 4) is 12.3 Å². The number of carbonyl (C=O) groups excluding carboxylic acids is 1. The van der Waals surface area contributed by atoms with Gasteiger partial charge in [0.15, 0.2) is 0 Å². The fourth-order valence-corrected chi connectivity index (χ4v) is 2.53. The van der Waals surface area contributed by atoms with Crippen LogP contribution in [-0.2, 0) is 10.2 Å². The summed E-state index contributed by atoms with van der Waals surface area (Å²) < 4.78 is 4.64. The molecule has 2 rings (SSSR count). The molecule has 0 spiro atoms. The van der Waals surface area contributed by atoms with E-state index in [4.69, 9.17) is 6.42 Å². The topological polar surface area (TPSA) is 26.3 Å². The summed E-state index contributed by atoms with van der Waals surface area (Å²) in [6.45, 7) is 0. The number of carbonyl (C=O) groups is 1. The van der Waals surface area contributed by atoms with Gasteiger partial charge in [-0.25, -0.2) is 4.79 Å². The highest BCUT2D eigenvalue weighted by atomic mass is 32.1. The minimum absolute atomic E-state index is 0.0725. The number of methoxy groups -OCH3 is 1. The molecule has 0 bridgehead atoms. The van der Waals surface area contributed by atoms with Crippen LogP contribution in [0.25, 0.3) is 0 Å². The number of thiophene rings is 1. The van der Waals surface area contributed by atoms with Gasteiger partial charge in [0.05, 0.1) is 12.5 Å². The molecule has 0 radical (unpaired) electrons. The lowest BCUT2D eigenvalue weighted by Gasteiger charge is -2.01. The summed E-state index contributed by atoms with van der Waals surface area (Å²) in [4.78, 5) is 12.9. The van der Waals surface area contributed by atoms with E-state index in [1.807, 2.05) is 6.07 Å². The first-order valence-electron chi connectivity index (χ1n) is 4.38. The summed E-state index contributed by atoms with van der Waals surface area (Å²) in [5, 5.41) is 0. The third-order valence-corrected chi connectivity index (χ3v) is 3.76. The SMILES string of the molecule is C#CC1(c2ccc(C(=O)OC)s2)CC1. The highest BCUT2D eigenvalue weighted by Crippen LogP contribution is 2.49. The molecule has 1 aliphatic rings. The summed E-state index contributed by atoms with van der Waals surface area (Å²) in [6.07, 6.45) is 7.52. The monoisotopic (exact) mass is 206 g/mol. The van der Waals surface area contributed by atoms with Crippen molar-refractivity contribution in [3.63, 3.8) is 0 Å². The molecule has 0 N–H and O–H groups in total. The Bertz CT molecular complexity index is 407. The van der Waals surface area contributed by atoms with E-state index in [1.165, 1.54) is 18.4 Å². The molecule has 0 saturated heterocycles. The highest BCUT2D eigenvalue weighted by Gasteiger charge is 2.44. The van der Waals surface area contributed by atoms with Crippen LogP contribution in [-0.4, -0.2) is 13.1 Å². The van der Waals surface area contributed by atoms with E-state index in [9.17, 15) is 4.79 Å². The minimum Gasteiger partial charge on any atom is -0.465 e. The lowest BCUT2D eigenvalue weighted by Crippen LogP contribution is -1.99. The summed E-state index contributed by atoms with van der Waals surface area (Å²) in [7, 11) is 1.38. The zero-order valence-electron chi connectivity index (χ0n) is 7.87. The van der Waals surface area contributed by atoms with E-state index >= 15 is 0 Å². The smallest absolute Gasteiger partial charge is 0.348 e. The average molecular weight is 206 g/mol. The average Bonchev–Trinajstić information content (AvgIpc) is 2.87. The fraction of sp³-hybridized carbons (Fsp3) is 0.364. The second kappa shape index (κ2) is 3.14. The van der Waals surface area contributed by atoms with Crippen molar-refractivity contribution in [1.29, 1.82) is 0 Å². The number of hydrogen-bond donors (Lipinski definition) is 0. The van der Waals surface area contributed by atoms with Crippen LogP contribution >= 0.6 is 11.3 Å². The largest absolute Gasteiger partial charge is 0.465 e. The Labute approximate surface area is 86.9 Å². The Kier molecular flexibility index (Phi) is 2.09. The van der Waals surface area contributed by atoms with Gasteiger partial charge in [0.25, 0.3) is 0 Å². The lowest BCUT2D eigenvalue weighted by molar-refractivity contribution is 0.0606. The van der Waals surface area contributed by atoms with Crippen molar-refractivity contribution in [2.24, 2.45) is 0 Å². The molecule has 1 aromatic rings. The number of terminal acetylenes is 1. The lowest BCUT2D eigenvalue weighted by atomic mass is 10.1. The summed E-state index contributed by atoms with van der Waals surface area (Å²) in [5.41, 5.74) is -0.0725. The second-order valence-electron chi connectivity index (χ2n) is 3.38. The normalized spacial score (nSPS) is 17.1. The Morgan fingerprint density at radius 1 is 1.64 bits per heavy atom. The van der Waals surface area contributed by atoms with E-state index in [1.54, 1.807) is 6.07 Å². The van der Waals surface area contributed by atoms with Crippen molar-refractivity contribution in [2.75, 3.05) is 7.11 Å². The van der Waals surface area contributed by atoms with Gasteiger partial charge in [0.1, 0.15) is 4.88 Å². The van der Waals surface area contributed by atoms with E-state index in [2.05, 4.69) is 10.7 Å². The van der Waals surface area contributed by atoms with Crippen molar-refractivity contribution in [3.05, 3.63) is 21.9 Å². The second-order valence-corrected chi connectivity index (χ2v) is 4.47. The van der Waals surface area contributed by atoms with Crippen LogP contribution < -0.4 is 0 Å². The van der Waals surface area contributed by atoms with Gasteiger partial charge < -0.3 is 4.74 Å². The third-order valence-electron chi connectivity index (χ3n) is 2.49. The molecule has 72 valence electrons. The maximum atomic E-state index is 11.2. The predicted octanol–water partition coefficient (Wildman–Crippen LogP) is 2.20. The zero-order valence-corrected chi connectivity index (χ0v) is 8.69. The van der Waals surface area contributed by atoms with E-state index < -0.39 is 0 Å². The molecular formula is C11H10O2S. The van der Waals surface area contributed by atoms with Gasteiger partial charge >= 0.3 is 5.97 Å². The number of esters is 1. The van der Waals surface area contributed by atoms with Gasteiger partial charge in [-0.05, 0) is 25.0 Å². The molecule has 1 fully saturated rings. The molecule has 1 aromatic heterocycles. The first kappa shape index (κ1) is 9.29. The Balaban J connectivity index is 2.27. The van der Waals surface area contributed by atoms with Crippen LogP contribution in [0.4, 0.5) is 0 Å². The maximum Gasteiger partial charge on any atom is 0.348 e. The van der Waals surface area contributed by atoms with Crippen molar-refractivity contribution < 1.29 is 9.53 Å². The molecule has 1 aliphatic carbocycles. The van der Waals surface area contributed by atoms with Gasteiger partial charge in [-0.3, -0.25) is 0 Å². The van der Waals surface area contributed by atoms with Gasteiger partial charge in [0.2, 0.25) is 0 Å². The quantitative estimate of drug-likeness (QED) is 0.547. The van der Waals surface area contributed by atoms with Gasteiger partial charge in [-0.15, -0.1) is 17.8 Å². The zero-order chi connectivity index (χ0) is 10.2. The van der Waals surface area contributed by atoms with Gasteiger partial charge in [-0.2, -0.15) is 0 Å².